The van der Waals surface area contributed by atoms with Crippen LogP contribution in [-0.4, -0.2) is 35.8 Å². The first-order valence-electron chi connectivity index (χ1n) is 7.77. The lowest BCUT2D eigenvalue weighted by Gasteiger charge is -2.16. The fourth-order valence-electron chi connectivity index (χ4n) is 2.57. The summed E-state index contributed by atoms with van der Waals surface area (Å²) in [6.45, 7) is 2.87. The van der Waals surface area contributed by atoms with Gasteiger partial charge in [-0.1, -0.05) is 36.9 Å². The molecule has 0 fully saturated rings. The summed E-state index contributed by atoms with van der Waals surface area (Å²) in [6, 6.07) is 12.5. The van der Waals surface area contributed by atoms with Gasteiger partial charge < -0.3 is 10.1 Å². The highest BCUT2D eigenvalue weighted by molar-refractivity contribution is 6.10. The molecule has 1 aliphatic rings. The molecule has 1 N–H and O–H groups in total. The number of rotatable bonds is 5. The number of ether oxygens (including phenoxy) is 1. The predicted molar refractivity (Wildman–Crippen MR) is 92.5 cm³/mol. The van der Waals surface area contributed by atoms with Gasteiger partial charge in [0, 0.05) is 16.8 Å². The number of nitrogens with one attached hydrogen (secondary N) is 1. The Morgan fingerprint density at radius 3 is 2.42 bits per heavy atom. The third-order valence-electron chi connectivity index (χ3n) is 3.84. The second-order valence-corrected chi connectivity index (χ2v) is 5.57. The summed E-state index contributed by atoms with van der Waals surface area (Å²) in [6.07, 6.45) is 0. The van der Waals surface area contributed by atoms with Gasteiger partial charge in [-0.15, -0.1) is 0 Å². The highest BCUT2D eigenvalue weighted by Gasteiger charge is 2.32. The number of carbonyl (C=O) groups excluding carboxylic acids is 3. The Kier molecular flexibility index (Phi) is 4.79. The topological polar surface area (TPSA) is 75.7 Å². The lowest BCUT2D eigenvalue weighted by Crippen LogP contribution is -2.32. The van der Waals surface area contributed by atoms with Gasteiger partial charge in [0.25, 0.3) is 11.8 Å². The zero-order valence-electron chi connectivity index (χ0n) is 13.7. The van der Waals surface area contributed by atoms with Crippen LogP contribution >= 0.6 is 0 Å². The number of amides is 2. The highest BCUT2D eigenvalue weighted by Crippen LogP contribution is 2.30. The summed E-state index contributed by atoms with van der Waals surface area (Å²) in [5.74, 6) is -2.39. The Hall–Kier alpha value is -3.48. The van der Waals surface area contributed by atoms with Gasteiger partial charge >= 0.3 is 5.97 Å². The van der Waals surface area contributed by atoms with Crippen molar-refractivity contribution in [1.29, 1.82) is 0 Å². The molecule has 26 heavy (non-hydrogen) atoms. The molecule has 0 atom stereocenters. The van der Waals surface area contributed by atoms with E-state index in [0.29, 0.717) is 16.8 Å². The van der Waals surface area contributed by atoms with Crippen molar-refractivity contribution >= 4 is 29.2 Å². The number of benzene rings is 2. The molecule has 0 aromatic heterocycles. The number of halogens is 1. The SMILES string of the molecule is C=C1c2ccccc2C(=O)N1CC(=O)OCC(=O)Nc1ccccc1F. The first-order chi connectivity index (χ1) is 12.5. The summed E-state index contributed by atoms with van der Waals surface area (Å²) in [5.41, 5.74) is 1.51. The zero-order chi connectivity index (χ0) is 18.7. The molecule has 132 valence electrons. The van der Waals surface area contributed by atoms with Crippen LogP contribution in [-0.2, 0) is 14.3 Å². The summed E-state index contributed by atoms with van der Waals surface area (Å²) in [5, 5.41) is 2.30. The molecule has 1 aliphatic heterocycles. The Balaban J connectivity index is 1.54. The number of carbonyl (C=O) groups is 3. The van der Waals surface area contributed by atoms with E-state index in [1.807, 2.05) is 0 Å². The molecule has 7 heteroatoms. The summed E-state index contributed by atoms with van der Waals surface area (Å²) < 4.78 is 18.3. The van der Waals surface area contributed by atoms with E-state index < -0.39 is 24.3 Å². The molecule has 0 saturated carbocycles. The van der Waals surface area contributed by atoms with Gasteiger partial charge in [-0.2, -0.15) is 0 Å². The van der Waals surface area contributed by atoms with E-state index in [0.717, 1.165) is 0 Å². The van der Waals surface area contributed by atoms with Crippen molar-refractivity contribution in [2.75, 3.05) is 18.5 Å². The van der Waals surface area contributed by atoms with Crippen LogP contribution in [0.4, 0.5) is 10.1 Å². The maximum atomic E-state index is 13.5. The minimum Gasteiger partial charge on any atom is -0.454 e. The minimum absolute atomic E-state index is 0.00732. The smallest absolute Gasteiger partial charge is 0.326 e. The van der Waals surface area contributed by atoms with Crippen LogP contribution in [0.5, 0.6) is 0 Å². The molecule has 0 aliphatic carbocycles. The quantitative estimate of drug-likeness (QED) is 0.837. The number of esters is 1. The molecular formula is C19H15FN2O4. The van der Waals surface area contributed by atoms with Crippen molar-refractivity contribution in [3.8, 4) is 0 Å². The van der Waals surface area contributed by atoms with Crippen LogP contribution in [0.2, 0.25) is 0 Å². The third kappa shape index (κ3) is 3.46. The number of hydrogen-bond donors (Lipinski definition) is 1. The van der Waals surface area contributed by atoms with Gasteiger partial charge in [0.2, 0.25) is 0 Å². The first-order valence-corrected chi connectivity index (χ1v) is 7.77. The maximum Gasteiger partial charge on any atom is 0.326 e. The number of nitrogens with zero attached hydrogens (tertiary/aromatic N) is 1. The van der Waals surface area contributed by atoms with E-state index in [1.54, 1.807) is 30.3 Å². The summed E-state index contributed by atoms with van der Waals surface area (Å²) in [4.78, 5) is 37.2. The Morgan fingerprint density at radius 2 is 1.73 bits per heavy atom. The van der Waals surface area contributed by atoms with Crippen molar-refractivity contribution in [1.82, 2.24) is 4.90 Å². The van der Waals surface area contributed by atoms with E-state index in [-0.39, 0.29) is 18.1 Å². The van der Waals surface area contributed by atoms with Gasteiger partial charge in [-0.25, -0.2) is 4.39 Å². The van der Waals surface area contributed by atoms with Crippen molar-refractivity contribution in [3.63, 3.8) is 0 Å². The maximum absolute atomic E-state index is 13.5. The first kappa shape index (κ1) is 17.3. The van der Waals surface area contributed by atoms with Crippen LogP contribution in [0.15, 0.2) is 55.1 Å². The van der Waals surface area contributed by atoms with Gasteiger partial charge in [0.05, 0.1) is 5.69 Å². The molecule has 0 spiro atoms. The van der Waals surface area contributed by atoms with Crippen LogP contribution < -0.4 is 5.32 Å². The largest absolute Gasteiger partial charge is 0.454 e. The molecule has 2 amide bonds. The molecule has 1 heterocycles. The Bertz CT molecular complexity index is 875. The average molecular weight is 354 g/mol. The molecule has 0 saturated heterocycles. The van der Waals surface area contributed by atoms with Crippen molar-refractivity contribution < 1.29 is 23.5 Å². The Labute approximate surface area is 148 Å². The lowest BCUT2D eigenvalue weighted by molar-refractivity contribution is -0.147. The van der Waals surface area contributed by atoms with E-state index in [9.17, 15) is 18.8 Å². The van der Waals surface area contributed by atoms with E-state index in [2.05, 4.69) is 11.9 Å². The molecule has 2 aromatic rings. The van der Waals surface area contributed by atoms with Crippen LogP contribution in [0, 0.1) is 5.82 Å². The average Bonchev–Trinajstić information content (AvgIpc) is 2.87. The van der Waals surface area contributed by atoms with Gasteiger partial charge in [0.1, 0.15) is 12.4 Å². The molecule has 6 nitrogen and oxygen atoms in total. The standard InChI is InChI=1S/C19H15FN2O4/c1-12-13-6-2-3-7-14(13)19(25)22(12)10-18(24)26-11-17(23)21-16-9-5-4-8-15(16)20/h2-9H,1,10-11H2,(H,21,23). The molecule has 0 bridgehead atoms. The van der Waals surface area contributed by atoms with E-state index in [1.165, 1.54) is 23.1 Å². The molecule has 3 rings (SSSR count). The molecular weight excluding hydrogens is 339 g/mol. The highest BCUT2D eigenvalue weighted by atomic mass is 19.1. The third-order valence-corrected chi connectivity index (χ3v) is 3.84. The fraction of sp³-hybridized carbons (Fsp3) is 0.105. The number of para-hydroxylation sites is 1. The number of fused-ring (bicyclic) bond motifs is 1. The minimum atomic E-state index is -0.768. The van der Waals surface area contributed by atoms with Crippen molar-refractivity contribution in [2.24, 2.45) is 0 Å². The van der Waals surface area contributed by atoms with E-state index in [4.69, 9.17) is 4.74 Å². The van der Waals surface area contributed by atoms with Crippen molar-refractivity contribution in [2.45, 2.75) is 0 Å². The number of hydrogen-bond acceptors (Lipinski definition) is 4. The lowest BCUT2D eigenvalue weighted by atomic mass is 10.1. The van der Waals surface area contributed by atoms with Gasteiger partial charge in [-0.05, 0) is 18.2 Å². The van der Waals surface area contributed by atoms with Crippen LogP contribution in [0.1, 0.15) is 15.9 Å². The molecule has 0 radical (unpaired) electrons. The normalized spacial score (nSPS) is 12.7. The number of anilines is 1. The monoisotopic (exact) mass is 354 g/mol. The van der Waals surface area contributed by atoms with Crippen LogP contribution in [0.25, 0.3) is 5.70 Å². The van der Waals surface area contributed by atoms with Crippen molar-refractivity contribution in [3.05, 3.63) is 72.1 Å². The van der Waals surface area contributed by atoms with E-state index >= 15 is 0 Å². The second kappa shape index (κ2) is 7.18. The zero-order valence-corrected chi connectivity index (χ0v) is 13.7. The van der Waals surface area contributed by atoms with Crippen LogP contribution in [0.3, 0.4) is 0 Å². The fourth-order valence-corrected chi connectivity index (χ4v) is 2.57. The predicted octanol–water partition coefficient (Wildman–Crippen LogP) is 2.43. The Morgan fingerprint density at radius 1 is 1.08 bits per heavy atom. The summed E-state index contributed by atoms with van der Waals surface area (Å²) in [7, 11) is 0. The second-order valence-electron chi connectivity index (χ2n) is 5.57. The summed E-state index contributed by atoms with van der Waals surface area (Å²) >= 11 is 0. The van der Waals surface area contributed by atoms with Gasteiger partial charge in [-0.3, -0.25) is 19.3 Å². The molecule has 0 unspecified atom stereocenters. The molecule has 2 aromatic carbocycles. The van der Waals surface area contributed by atoms with Gasteiger partial charge in [0.15, 0.2) is 6.61 Å².